The van der Waals surface area contributed by atoms with Gasteiger partial charge in [-0.2, -0.15) is 5.21 Å². The summed E-state index contributed by atoms with van der Waals surface area (Å²) in [6, 6.07) is 2.08. The fourth-order valence-electron chi connectivity index (χ4n) is 1.27. The van der Waals surface area contributed by atoms with Crippen LogP contribution in [0.3, 0.4) is 0 Å². The van der Waals surface area contributed by atoms with E-state index in [0.29, 0.717) is 0 Å². The number of rotatable bonds is 4. The molecule has 0 aliphatic heterocycles. The molecule has 11 heteroatoms. The number of hydrogen-bond acceptors (Lipinski definition) is 6. The second-order valence-corrected chi connectivity index (χ2v) is 5.63. The molecular formula is C8H8ClFN6O2S. The van der Waals surface area contributed by atoms with Gasteiger partial charge in [0.2, 0.25) is 10.0 Å². The van der Waals surface area contributed by atoms with E-state index in [1.807, 2.05) is 0 Å². The summed E-state index contributed by atoms with van der Waals surface area (Å²) in [6.07, 6.45) is 0. The predicted octanol–water partition coefficient (Wildman–Crippen LogP) is 0.0529. The summed E-state index contributed by atoms with van der Waals surface area (Å²) in [4.78, 5) is -0.638. The summed E-state index contributed by atoms with van der Waals surface area (Å²) in [5.41, 5.74) is 4.96. The molecule has 0 amide bonds. The lowest BCUT2D eigenvalue weighted by atomic mass is 10.3. The van der Waals surface area contributed by atoms with Gasteiger partial charge < -0.3 is 5.73 Å². The molecule has 0 radical (unpaired) electrons. The third-order valence-corrected chi connectivity index (χ3v) is 3.75. The second kappa shape index (κ2) is 5.07. The van der Waals surface area contributed by atoms with E-state index in [-0.39, 0.29) is 23.1 Å². The van der Waals surface area contributed by atoms with Crippen LogP contribution in [0.15, 0.2) is 17.0 Å². The average molecular weight is 307 g/mol. The van der Waals surface area contributed by atoms with E-state index in [1.54, 1.807) is 0 Å². The Labute approximate surface area is 112 Å². The van der Waals surface area contributed by atoms with Gasteiger partial charge in [0.15, 0.2) is 11.6 Å². The molecule has 0 atom stereocenters. The third-order valence-electron chi connectivity index (χ3n) is 2.13. The number of nitrogens with one attached hydrogen (secondary N) is 2. The maximum absolute atomic E-state index is 13.7. The molecule has 2 rings (SSSR count). The molecule has 19 heavy (non-hydrogen) atoms. The zero-order chi connectivity index (χ0) is 14.0. The summed E-state index contributed by atoms with van der Waals surface area (Å²) in [6.45, 7) is -0.245. The van der Waals surface area contributed by atoms with E-state index in [9.17, 15) is 12.8 Å². The first-order chi connectivity index (χ1) is 8.90. The molecule has 0 aliphatic rings. The smallest absolute Gasteiger partial charge is 0.244 e. The molecule has 0 spiro atoms. The molecule has 2 aromatic rings. The van der Waals surface area contributed by atoms with Gasteiger partial charge in [-0.05, 0) is 12.1 Å². The average Bonchev–Trinajstić information content (AvgIpc) is 2.84. The van der Waals surface area contributed by atoms with Gasteiger partial charge in [-0.3, -0.25) is 0 Å². The minimum Gasteiger partial charge on any atom is -0.396 e. The van der Waals surface area contributed by atoms with E-state index in [0.717, 1.165) is 12.1 Å². The fraction of sp³-hybridized carbons (Fsp3) is 0.125. The van der Waals surface area contributed by atoms with Crippen molar-refractivity contribution in [2.75, 3.05) is 5.73 Å². The van der Waals surface area contributed by atoms with Crippen LogP contribution in [-0.4, -0.2) is 29.0 Å². The molecule has 1 aromatic carbocycles. The maximum atomic E-state index is 13.7. The summed E-state index contributed by atoms with van der Waals surface area (Å²) < 4.78 is 39.6. The highest BCUT2D eigenvalue weighted by atomic mass is 35.5. The van der Waals surface area contributed by atoms with Gasteiger partial charge in [-0.25, -0.2) is 17.5 Å². The number of nitrogens with two attached hydrogens (primary N) is 1. The number of sulfonamides is 1. The zero-order valence-electron chi connectivity index (χ0n) is 9.26. The molecule has 8 nitrogen and oxygen atoms in total. The molecule has 1 aromatic heterocycles. The Morgan fingerprint density at radius 3 is 2.84 bits per heavy atom. The molecule has 0 unspecified atom stereocenters. The zero-order valence-corrected chi connectivity index (χ0v) is 10.8. The van der Waals surface area contributed by atoms with Crippen LogP contribution in [0.5, 0.6) is 0 Å². The Hall–Kier alpha value is -1.78. The van der Waals surface area contributed by atoms with Crippen molar-refractivity contribution in [3.8, 4) is 0 Å². The number of nitrogen functional groups attached to an aromatic ring is 1. The Kier molecular flexibility index (Phi) is 3.64. The van der Waals surface area contributed by atoms with Crippen LogP contribution >= 0.6 is 11.6 Å². The van der Waals surface area contributed by atoms with Gasteiger partial charge in [0.25, 0.3) is 0 Å². The van der Waals surface area contributed by atoms with Crippen LogP contribution < -0.4 is 10.5 Å². The number of nitrogens with zero attached hydrogens (tertiary/aromatic N) is 3. The molecule has 4 N–H and O–H groups in total. The predicted molar refractivity (Wildman–Crippen MR) is 64.0 cm³/mol. The summed E-state index contributed by atoms with van der Waals surface area (Å²) in [7, 11) is -4.12. The number of aromatic nitrogens is 4. The Morgan fingerprint density at radius 1 is 1.47 bits per heavy atom. The molecular weight excluding hydrogens is 299 g/mol. The number of halogens is 2. The van der Waals surface area contributed by atoms with Crippen molar-refractivity contribution < 1.29 is 12.8 Å². The van der Waals surface area contributed by atoms with Crippen molar-refractivity contribution in [1.29, 1.82) is 0 Å². The normalized spacial score (nSPS) is 11.7. The van der Waals surface area contributed by atoms with E-state index in [1.165, 1.54) is 0 Å². The highest BCUT2D eigenvalue weighted by molar-refractivity contribution is 7.89. The van der Waals surface area contributed by atoms with Crippen LogP contribution in [0.1, 0.15) is 5.82 Å². The number of aromatic amines is 1. The molecule has 0 aliphatic carbocycles. The van der Waals surface area contributed by atoms with Crippen LogP contribution in [0.25, 0.3) is 0 Å². The van der Waals surface area contributed by atoms with Crippen molar-refractivity contribution in [3.63, 3.8) is 0 Å². The molecule has 0 fully saturated rings. The third kappa shape index (κ3) is 2.97. The summed E-state index contributed by atoms with van der Waals surface area (Å²) in [5, 5.41) is 12.5. The summed E-state index contributed by atoms with van der Waals surface area (Å²) in [5.74, 6) is -0.955. The SMILES string of the molecule is Nc1cc(Cl)cc(S(=O)(=O)NCc2nn[nH]n2)c1F. The highest BCUT2D eigenvalue weighted by Gasteiger charge is 2.22. The first kappa shape index (κ1) is 13.6. The first-order valence-corrected chi connectivity index (χ1v) is 6.73. The lowest BCUT2D eigenvalue weighted by Gasteiger charge is -2.08. The maximum Gasteiger partial charge on any atom is 0.244 e. The van der Waals surface area contributed by atoms with E-state index in [2.05, 4.69) is 25.3 Å². The van der Waals surface area contributed by atoms with E-state index >= 15 is 0 Å². The number of tetrazole rings is 1. The van der Waals surface area contributed by atoms with E-state index < -0.39 is 20.7 Å². The minimum atomic E-state index is -4.12. The Morgan fingerprint density at radius 2 is 2.21 bits per heavy atom. The van der Waals surface area contributed by atoms with Crippen molar-refractivity contribution in [2.24, 2.45) is 0 Å². The van der Waals surface area contributed by atoms with Gasteiger partial charge >= 0.3 is 0 Å². The summed E-state index contributed by atoms with van der Waals surface area (Å²) >= 11 is 5.65. The van der Waals surface area contributed by atoms with Crippen molar-refractivity contribution >= 4 is 27.3 Å². The van der Waals surface area contributed by atoms with Gasteiger partial charge in [0, 0.05) is 5.02 Å². The number of anilines is 1. The number of H-pyrrole nitrogens is 1. The highest BCUT2D eigenvalue weighted by Crippen LogP contribution is 2.25. The first-order valence-electron chi connectivity index (χ1n) is 4.86. The van der Waals surface area contributed by atoms with Crippen LogP contribution in [0, 0.1) is 5.82 Å². The molecule has 0 saturated carbocycles. The van der Waals surface area contributed by atoms with Crippen LogP contribution in [0.2, 0.25) is 5.02 Å². The van der Waals surface area contributed by atoms with Gasteiger partial charge in [0.1, 0.15) is 4.90 Å². The van der Waals surface area contributed by atoms with Crippen molar-refractivity contribution in [3.05, 3.63) is 28.8 Å². The molecule has 0 bridgehead atoms. The minimum absolute atomic E-state index is 0.0128. The van der Waals surface area contributed by atoms with Gasteiger partial charge in [0.05, 0.1) is 12.2 Å². The van der Waals surface area contributed by atoms with Crippen molar-refractivity contribution in [2.45, 2.75) is 11.4 Å². The molecule has 0 saturated heterocycles. The second-order valence-electron chi connectivity index (χ2n) is 3.46. The van der Waals surface area contributed by atoms with Gasteiger partial charge in [-0.15, -0.1) is 10.2 Å². The molecule has 1 heterocycles. The Balaban J connectivity index is 2.29. The van der Waals surface area contributed by atoms with Crippen LogP contribution in [-0.2, 0) is 16.6 Å². The standard InChI is InChI=1S/C8H8ClFN6O2S/c9-4-1-5(11)8(10)6(2-4)19(17,18)12-3-7-13-15-16-14-7/h1-2,12H,3,11H2,(H,13,14,15,16). The van der Waals surface area contributed by atoms with E-state index in [4.69, 9.17) is 17.3 Å². The molecule has 102 valence electrons. The topological polar surface area (TPSA) is 127 Å². The monoisotopic (exact) mass is 306 g/mol. The lowest BCUT2D eigenvalue weighted by molar-refractivity contribution is 0.557. The Bertz CT molecular complexity index is 690. The fourth-order valence-corrected chi connectivity index (χ4v) is 2.68. The van der Waals surface area contributed by atoms with Gasteiger partial charge in [-0.1, -0.05) is 16.8 Å². The number of hydrogen-bond donors (Lipinski definition) is 3. The quantitative estimate of drug-likeness (QED) is 0.685. The van der Waals surface area contributed by atoms with Crippen molar-refractivity contribution in [1.82, 2.24) is 25.3 Å². The lowest BCUT2D eigenvalue weighted by Crippen LogP contribution is -2.25. The number of benzene rings is 1. The largest absolute Gasteiger partial charge is 0.396 e. The van der Waals surface area contributed by atoms with Crippen LogP contribution in [0.4, 0.5) is 10.1 Å².